The summed E-state index contributed by atoms with van der Waals surface area (Å²) >= 11 is 2.19. The second-order valence-electron chi connectivity index (χ2n) is 8.15. The SMILES string of the molecule is CCOc1cc(/C=N\N2C(=O)[C@@H]3[C@@H](C2=O)[C@H]2C=C[C@H]3C23CC3)cc(I)c1OCC. The van der Waals surface area contributed by atoms with Gasteiger partial charge in [-0.25, -0.2) is 0 Å². The molecule has 1 aromatic rings. The van der Waals surface area contributed by atoms with Crippen LogP contribution < -0.4 is 9.47 Å². The summed E-state index contributed by atoms with van der Waals surface area (Å²) in [5.74, 6) is 1.02. The molecule has 4 atom stereocenters. The van der Waals surface area contributed by atoms with Gasteiger partial charge in [0.05, 0.1) is 34.8 Å². The molecule has 1 saturated heterocycles. The highest BCUT2D eigenvalue weighted by atomic mass is 127. The van der Waals surface area contributed by atoms with E-state index in [1.165, 1.54) is 0 Å². The number of carbonyl (C=O) groups is 2. The van der Waals surface area contributed by atoms with E-state index in [1.807, 2.05) is 26.0 Å². The van der Waals surface area contributed by atoms with Crippen LogP contribution in [0.5, 0.6) is 11.5 Å². The summed E-state index contributed by atoms with van der Waals surface area (Å²) in [5, 5.41) is 5.40. The fourth-order valence-corrected chi connectivity index (χ4v) is 6.29. The molecule has 2 amide bonds. The Balaban J connectivity index is 1.40. The monoisotopic (exact) mass is 506 g/mol. The molecule has 1 aromatic carbocycles. The van der Waals surface area contributed by atoms with Gasteiger partial charge in [0.25, 0.3) is 11.8 Å². The van der Waals surface area contributed by atoms with Crippen LogP contribution in [-0.4, -0.2) is 36.3 Å². The van der Waals surface area contributed by atoms with Crippen LogP contribution in [0, 0.1) is 32.7 Å². The largest absolute Gasteiger partial charge is 0.490 e. The molecule has 2 saturated carbocycles. The molecule has 152 valence electrons. The zero-order chi connectivity index (χ0) is 20.3. The van der Waals surface area contributed by atoms with Crippen molar-refractivity contribution in [3.8, 4) is 11.5 Å². The van der Waals surface area contributed by atoms with E-state index >= 15 is 0 Å². The number of amides is 2. The first-order valence-corrected chi connectivity index (χ1v) is 11.3. The third-order valence-electron chi connectivity index (χ3n) is 6.77. The lowest BCUT2D eigenvalue weighted by molar-refractivity contribution is -0.141. The Morgan fingerprint density at radius 3 is 2.28 bits per heavy atom. The van der Waals surface area contributed by atoms with Crippen LogP contribution >= 0.6 is 22.6 Å². The third-order valence-corrected chi connectivity index (χ3v) is 7.57. The van der Waals surface area contributed by atoms with Crippen molar-refractivity contribution < 1.29 is 19.1 Å². The summed E-state index contributed by atoms with van der Waals surface area (Å²) in [4.78, 5) is 26.0. The summed E-state index contributed by atoms with van der Waals surface area (Å²) in [6.07, 6.45) is 8.17. The van der Waals surface area contributed by atoms with E-state index in [0.29, 0.717) is 24.7 Å². The average molecular weight is 506 g/mol. The summed E-state index contributed by atoms with van der Waals surface area (Å²) < 4.78 is 12.3. The normalized spacial score (nSPS) is 30.7. The van der Waals surface area contributed by atoms with E-state index in [2.05, 4.69) is 39.8 Å². The van der Waals surface area contributed by atoms with Gasteiger partial charge in [0.15, 0.2) is 11.5 Å². The Morgan fingerprint density at radius 2 is 1.72 bits per heavy atom. The first kappa shape index (κ1) is 19.1. The first-order valence-electron chi connectivity index (χ1n) is 10.2. The lowest BCUT2D eigenvalue weighted by Gasteiger charge is -2.18. The van der Waals surface area contributed by atoms with Gasteiger partial charge in [0.2, 0.25) is 0 Å². The maximum Gasteiger partial charge on any atom is 0.254 e. The van der Waals surface area contributed by atoms with E-state index in [-0.39, 0.29) is 40.9 Å². The molecule has 6 nitrogen and oxygen atoms in total. The predicted octanol–water partition coefficient (Wildman–Crippen LogP) is 3.62. The minimum absolute atomic E-state index is 0.148. The molecule has 1 aliphatic heterocycles. The quantitative estimate of drug-likeness (QED) is 0.256. The molecular weight excluding hydrogens is 483 g/mol. The number of halogens is 1. The topological polar surface area (TPSA) is 68.2 Å². The molecule has 3 aliphatic carbocycles. The molecule has 0 N–H and O–H groups in total. The number of hydrogen-bond acceptors (Lipinski definition) is 5. The zero-order valence-electron chi connectivity index (χ0n) is 16.4. The van der Waals surface area contributed by atoms with Gasteiger partial charge < -0.3 is 9.47 Å². The van der Waals surface area contributed by atoms with Gasteiger partial charge in [-0.2, -0.15) is 10.1 Å². The number of fused-ring (bicyclic) bond motifs is 3. The molecule has 0 unspecified atom stereocenters. The number of imide groups is 1. The summed E-state index contributed by atoms with van der Waals surface area (Å²) in [6, 6.07) is 3.74. The number of hydrogen-bond donors (Lipinski definition) is 0. The van der Waals surface area contributed by atoms with Crippen molar-refractivity contribution in [3.63, 3.8) is 0 Å². The number of ether oxygens (including phenoxy) is 2. The fourth-order valence-electron chi connectivity index (χ4n) is 5.51. The molecule has 0 aromatic heterocycles. The van der Waals surface area contributed by atoms with E-state index in [1.54, 1.807) is 6.21 Å². The van der Waals surface area contributed by atoms with Gasteiger partial charge in [0.1, 0.15) is 0 Å². The molecule has 2 bridgehead atoms. The Hall–Kier alpha value is -1.90. The first-order chi connectivity index (χ1) is 14.0. The predicted molar refractivity (Wildman–Crippen MR) is 116 cm³/mol. The van der Waals surface area contributed by atoms with Crippen LogP contribution in [-0.2, 0) is 9.59 Å². The standard InChI is InChI=1S/C22H23IN2O4/c1-3-28-16-10-12(9-15(23)19(16)29-4-2)11-24-25-20(26)17-13-5-6-14(18(17)21(25)27)22(13)7-8-22/h5-6,9-11,13-14,17-18H,3-4,7-8H2,1-2H3/b24-11-/t13-,14-,17+,18+/m1/s1. The second-order valence-corrected chi connectivity index (χ2v) is 9.31. The molecule has 4 aliphatic rings. The minimum atomic E-state index is -0.225. The third kappa shape index (κ3) is 2.69. The van der Waals surface area contributed by atoms with E-state index in [0.717, 1.165) is 27.0 Å². The van der Waals surface area contributed by atoms with Crippen LogP contribution in [0.1, 0.15) is 32.3 Å². The van der Waals surface area contributed by atoms with Crippen molar-refractivity contribution in [2.45, 2.75) is 26.7 Å². The van der Waals surface area contributed by atoms with Crippen molar-refractivity contribution in [2.75, 3.05) is 13.2 Å². The Bertz CT molecular complexity index is 918. The maximum absolute atomic E-state index is 13.0. The smallest absolute Gasteiger partial charge is 0.254 e. The van der Waals surface area contributed by atoms with Gasteiger partial charge in [0, 0.05) is 0 Å². The Labute approximate surface area is 183 Å². The highest BCUT2D eigenvalue weighted by molar-refractivity contribution is 14.1. The van der Waals surface area contributed by atoms with Crippen molar-refractivity contribution in [2.24, 2.45) is 34.2 Å². The number of carbonyl (C=O) groups excluding carboxylic acids is 2. The van der Waals surface area contributed by atoms with Crippen molar-refractivity contribution in [3.05, 3.63) is 33.4 Å². The molecule has 1 heterocycles. The summed E-state index contributed by atoms with van der Waals surface area (Å²) in [6.45, 7) is 4.90. The average Bonchev–Trinajstić information content (AvgIpc) is 3.29. The molecule has 3 fully saturated rings. The molecular formula is C22H23IN2O4. The van der Waals surface area contributed by atoms with Crippen LogP contribution in [0.25, 0.3) is 0 Å². The zero-order valence-corrected chi connectivity index (χ0v) is 18.6. The lowest BCUT2D eigenvalue weighted by Crippen LogP contribution is -2.30. The number of rotatable bonds is 6. The molecule has 0 radical (unpaired) electrons. The number of hydrazone groups is 1. The summed E-state index contributed by atoms with van der Waals surface area (Å²) in [5.41, 5.74) is 0.965. The molecule has 7 heteroatoms. The van der Waals surface area contributed by atoms with Crippen molar-refractivity contribution >= 4 is 40.6 Å². The second kappa shape index (κ2) is 6.82. The Kier molecular flexibility index (Phi) is 4.49. The van der Waals surface area contributed by atoms with Gasteiger partial charge in [-0.05, 0) is 84.2 Å². The lowest BCUT2D eigenvalue weighted by atomic mass is 9.85. The van der Waals surface area contributed by atoms with Gasteiger partial charge in [-0.3, -0.25) is 9.59 Å². The highest BCUT2D eigenvalue weighted by Gasteiger charge is 2.73. The minimum Gasteiger partial charge on any atom is -0.490 e. The van der Waals surface area contributed by atoms with Crippen LogP contribution in [0.4, 0.5) is 0 Å². The fraction of sp³-hybridized carbons (Fsp3) is 0.500. The van der Waals surface area contributed by atoms with E-state index in [9.17, 15) is 9.59 Å². The van der Waals surface area contributed by atoms with Crippen LogP contribution in [0.15, 0.2) is 29.4 Å². The number of allylic oxidation sites excluding steroid dienone is 2. The van der Waals surface area contributed by atoms with Crippen molar-refractivity contribution in [1.82, 2.24) is 5.01 Å². The van der Waals surface area contributed by atoms with Crippen LogP contribution in [0.3, 0.4) is 0 Å². The molecule has 1 spiro atoms. The van der Waals surface area contributed by atoms with Crippen LogP contribution in [0.2, 0.25) is 0 Å². The number of benzene rings is 1. The van der Waals surface area contributed by atoms with Gasteiger partial charge in [-0.15, -0.1) is 0 Å². The molecule has 29 heavy (non-hydrogen) atoms. The van der Waals surface area contributed by atoms with E-state index in [4.69, 9.17) is 9.47 Å². The van der Waals surface area contributed by atoms with Gasteiger partial charge >= 0.3 is 0 Å². The van der Waals surface area contributed by atoms with E-state index < -0.39 is 0 Å². The maximum atomic E-state index is 13.0. The highest BCUT2D eigenvalue weighted by Crippen LogP contribution is 2.73. The number of nitrogens with zero attached hydrogens (tertiary/aromatic N) is 2. The Morgan fingerprint density at radius 1 is 1.10 bits per heavy atom. The van der Waals surface area contributed by atoms with Gasteiger partial charge in [-0.1, -0.05) is 12.2 Å². The van der Waals surface area contributed by atoms with Crippen molar-refractivity contribution in [1.29, 1.82) is 0 Å². The molecule has 5 rings (SSSR count). The summed E-state index contributed by atoms with van der Waals surface area (Å²) in [7, 11) is 0.